The number of hydrogen-bond acceptors (Lipinski definition) is 3. The van der Waals surface area contributed by atoms with Crippen LogP contribution < -0.4 is 10.2 Å². The Hall–Kier alpha value is -0.330. The lowest BCUT2D eigenvalue weighted by molar-refractivity contribution is 0.0536. The van der Waals surface area contributed by atoms with Gasteiger partial charge >= 0.3 is 0 Å². The molecule has 2 rings (SSSR count). The fourth-order valence-electron chi connectivity index (χ4n) is 1.43. The summed E-state index contributed by atoms with van der Waals surface area (Å²) in [5.41, 5.74) is 4.07. The largest absolute Gasteiger partial charge is 0.491 e. The SMILES string of the molecule is CONC1COc2ccc(I)cc21. The van der Waals surface area contributed by atoms with Crippen LogP contribution in [0.25, 0.3) is 0 Å². The van der Waals surface area contributed by atoms with Crippen LogP contribution in [-0.4, -0.2) is 13.7 Å². The van der Waals surface area contributed by atoms with Crippen LogP contribution in [-0.2, 0) is 4.84 Å². The van der Waals surface area contributed by atoms with Gasteiger partial charge in [-0.15, -0.1) is 0 Å². The third kappa shape index (κ3) is 1.79. The highest BCUT2D eigenvalue weighted by atomic mass is 127. The third-order valence-electron chi connectivity index (χ3n) is 2.01. The summed E-state index contributed by atoms with van der Waals surface area (Å²) < 4.78 is 6.69. The zero-order valence-corrected chi connectivity index (χ0v) is 9.37. The number of halogens is 1. The lowest BCUT2D eigenvalue weighted by Crippen LogP contribution is -2.20. The maximum Gasteiger partial charge on any atom is 0.124 e. The van der Waals surface area contributed by atoms with E-state index in [1.165, 1.54) is 9.13 Å². The predicted octanol–water partition coefficient (Wildman–Crippen LogP) is 1.88. The number of benzene rings is 1. The molecule has 13 heavy (non-hydrogen) atoms. The van der Waals surface area contributed by atoms with Crippen molar-refractivity contribution in [1.82, 2.24) is 5.48 Å². The first-order valence-electron chi connectivity index (χ1n) is 4.02. The molecule has 0 saturated carbocycles. The first kappa shape index (κ1) is 9.23. The Morgan fingerprint density at radius 3 is 3.23 bits per heavy atom. The van der Waals surface area contributed by atoms with E-state index in [1.54, 1.807) is 7.11 Å². The summed E-state index contributed by atoms with van der Waals surface area (Å²) in [5.74, 6) is 0.954. The number of rotatable bonds is 2. The van der Waals surface area contributed by atoms with Crippen molar-refractivity contribution in [2.45, 2.75) is 6.04 Å². The monoisotopic (exact) mass is 291 g/mol. The maximum absolute atomic E-state index is 5.47. The van der Waals surface area contributed by atoms with Crippen LogP contribution in [0.5, 0.6) is 5.75 Å². The van der Waals surface area contributed by atoms with Crippen LogP contribution in [0.4, 0.5) is 0 Å². The Morgan fingerprint density at radius 1 is 1.62 bits per heavy atom. The summed E-state index contributed by atoms with van der Waals surface area (Å²) in [6.07, 6.45) is 0. The molecule has 0 aliphatic carbocycles. The van der Waals surface area contributed by atoms with Crippen molar-refractivity contribution in [3.8, 4) is 5.75 Å². The van der Waals surface area contributed by atoms with Gasteiger partial charge < -0.3 is 9.57 Å². The second kappa shape index (κ2) is 3.81. The van der Waals surface area contributed by atoms with Crippen molar-refractivity contribution in [2.75, 3.05) is 13.7 Å². The van der Waals surface area contributed by atoms with Gasteiger partial charge in [-0.3, -0.25) is 0 Å². The van der Waals surface area contributed by atoms with Gasteiger partial charge in [0.15, 0.2) is 0 Å². The molecule has 1 N–H and O–H groups in total. The van der Waals surface area contributed by atoms with E-state index in [4.69, 9.17) is 9.57 Å². The minimum atomic E-state index is 0.162. The molecule has 3 nitrogen and oxygen atoms in total. The lowest BCUT2D eigenvalue weighted by atomic mass is 10.1. The highest BCUT2D eigenvalue weighted by molar-refractivity contribution is 14.1. The number of hydroxylamine groups is 1. The summed E-state index contributed by atoms with van der Waals surface area (Å²) >= 11 is 2.29. The number of hydrogen-bond donors (Lipinski definition) is 1. The first-order chi connectivity index (χ1) is 6.31. The van der Waals surface area contributed by atoms with E-state index >= 15 is 0 Å². The van der Waals surface area contributed by atoms with Crippen molar-refractivity contribution in [1.29, 1.82) is 0 Å². The molecule has 0 aromatic heterocycles. The van der Waals surface area contributed by atoms with Crippen LogP contribution in [0.1, 0.15) is 11.6 Å². The second-order valence-corrected chi connectivity index (χ2v) is 4.11. The Labute approximate surface area is 90.5 Å². The third-order valence-corrected chi connectivity index (χ3v) is 2.68. The fraction of sp³-hybridized carbons (Fsp3) is 0.333. The van der Waals surface area contributed by atoms with E-state index in [0.29, 0.717) is 6.61 Å². The van der Waals surface area contributed by atoms with Crippen molar-refractivity contribution >= 4 is 22.6 Å². The molecule has 0 radical (unpaired) electrons. The van der Waals surface area contributed by atoms with Crippen molar-refractivity contribution in [3.63, 3.8) is 0 Å². The topological polar surface area (TPSA) is 30.5 Å². The van der Waals surface area contributed by atoms with Crippen molar-refractivity contribution in [3.05, 3.63) is 27.3 Å². The van der Waals surface area contributed by atoms with Gasteiger partial charge in [-0.25, -0.2) is 0 Å². The molecule has 1 heterocycles. The summed E-state index contributed by atoms with van der Waals surface area (Å²) in [6, 6.07) is 6.30. The standard InChI is InChI=1S/C9H10INO2/c1-12-11-8-5-13-9-3-2-6(10)4-7(8)9/h2-4,8,11H,5H2,1H3. The molecule has 0 bridgehead atoms. The zero-order valence-electron chi connectivity index (χ0n) is 7.21. The van der Waals surface area contributed by atoms with Crippen LogP contribution >= 0.6 is 22.6 Å². The van der Waals surface area contributed by atoms with Gasteiger partial charge in [-0.1, -0.05) is 0 Å². The predicted molar refractivity (Wildman–Crippen MR) is 57.5 cm³/mol. The van der Waals surface area contributed by atoms with E-state index in [-0.39, 0.29) is 6.04 Å². The van der Waals surface area contributed by atoms with E-state index in [0.717, 1.165) is 5.75 Å². The number of nitrogens with one attached hydrogen (secondary N) is 1. The fourth-order valence-corrected chi connectivity index (χ4v) is 1.94. The second-order valence-electron chi connectivity index (χ2n) is 2.87. The van der Waals surface area contributed by atoms with Gasteiger partial charge in [-0.2, -0.15) is 5.48 Å². The van der Waals surface area contributed by atoms with E-state index < -0.39 is 0 Å². The molecule has 4 heteroatoms. The van der Waals surface area contributed by atoms with E-state index in [9.17, 15) is 0 Å². The average molecular weight is 291 g/mol. The Morgan fingerprint density at radius 2 is 2.46 bits per heavy atom. The van der Waals surface area contributed by atoms with Crippen LogP contribution in [0, 0.1) is 3.57 Å². The normalized spacial score (nSPS) is 19.7. The lowest BCUT2D eigenvalue weighted by Gasteiger charge is -2.08. The van der Waals surface area contributed by atoms with Crippen LogP contribution in [0.15, 0.2) is 18.2 Å². The number of fused-ring (bicyclic) bond motifs is 1. The molecule has 1 aromatic carbocycles. The minimum absolute atomic E-state index is 0.162. The molecule has 1 aliphatic rings. The van der Waals surface area contributed by atoms with Gasteiger partial charge in [0.1, 0.15) is 12.4 Å². The van der Waals surface area contributed by atoms with E-state index in [2.05, 4.69) is 34.1 Å². The molecule has 70 valence electrons. The highest BCUT2D eigenvalue weighted by Crippen LogP contribution is 2.33. The molecule has 1 aromatic rings. The Kier molecular flexibility index (Phi) is 2.71. The molecule has 0 saturated heterocycles. The van der Waals surface area contributed by atoms with Crippen LogP contribution in [0.2, 0.25) is 0 Å². The molecule has 1 unspecified atom stereocenters. The Bertz CT molecular complexity index is 314. The number of ether oxygens (including phenoxy) is 1. The summed E-state index contributed by atoms with van der Waals surface area (Å²) in [4.78, 5) is 4.89. The molecule has 1 atom stereocenters. The molecular weight excluding hydrogens is 281 g/mol. The summed E-state index contributed by atoms with van der Waals surface area (Å²) in [6.45, 7) is 0.642. The maximum atomic E-state index is 5.47. The van der Waals surface area contributed by atoms with Crippen molar-refractivity contribution in [2.24, 2.45) is 0 Å². The zero-order chi connectivity index (χ0) is 9.26. The minimum Gasteiger partial charge on any atom is -0.491 e. The van der Waals surface area contributed by atoms with Gasteiger partial charge in [0, 0.05) is 9.13 Å². The first-order valence-corrected chi connectivity index (χ1v) is 5.10. The molecule has 0 amide bonds. The summed E-state index contributed by atoms with van der Waals surface area (Å²) in [5, 5.41) is 0. The Balaban J connectivity index is 2.29. The van der Waals surface area contributed by atoms with E-state index in [1.807, 2.05) is 12.1 Å². The van der Waals surface area contributed by atoms with Gasteiger partial charge in [0.05, 0.1) is 13.2 Å². The van der Waals surface area contributed by atoms with Gasteiger partial charge in [0.2, 0.25) is 0 Å². The molecule has 0 fully saturated rings. The van der Waals surface area contributed by atoms with Crippen LogP contribution in [0.3, 0.4) is 0 Å². The molecule has 1 aliphatic heterocycles. The smallest absolute Gasteiger partial charge is 0.124 e. The highest BCUT2D eigenvalue weighted by Gasteiger charge is 2.23. The van der Waals surface area contributed by atoms with Gasteiger partial charge in [0.25, 0.3) is 0 Å². The quantitative estimate of drug-likeness (QED) is 0.666. The molecular formula is C9H10INO2. The summed E-state index contributed by atoms with van der Waals surface area (Å²) in [7, 11) is 1.62. The average Bonchev–Trinajstić information content (AvgIpc) is 2.49. The van der Waals surface area contributed by atoms with Crippen molar-refractivity contribution < 1.29 is 9.57 Å². The molecule has 0 spiro atoms. The van der Waals surface area contributed by atoms with Gasteiger partial charge in [-0.05, 0) is 40.8 Å².